The number of nitrogens with two attached hydrogens (primary N) is 1. The Kier molecular flexibility index (Phi) is 4.89. The second-order valence-corrected chi connectivity index (χ2v) is 2.77. The molecule has 0 aromatic carbocycles. The summed E-state index contributed by atoms with van der Waals surface area (Å²) in [5, 5.41) is -0.108. The average Bonchev–Trinajstić information content (AvgIpc) is 2.02. The third kappa shape index (κ3) is 4.00. The Balaban J connectivity index is 3.77. The van der Waals surface area contributed by atoms with Gasteiger partial charge >= 0.3 is 5.97 Å². The first-order valence-electron chi connectivity index (χ1n) is 3.02. The van der Waals surface area contributed by atoms with Crippen LogP contribution in [0.4, 0.5) is 0 Å². The zero-order valence-electron chi connectivity index (χ0n) is 6.49. The van der Waals surface area contributed by atoms with E-state index in [4.69, 9.17) is 5.73 Å². The van der Waals surface area contributed by atoms with Gasteiger partial charge in [-0.2, -0.15) is 0 Å². The van der Waals surface area contributed by atoms with Gasteiger partial charge in [-0.3, -0.25) is 9.59 Å². The fourth-order valence-electron chi connectivity index (χ4n) is 0.498. The Morgan fingerprint density at radius 1 is 1.64 bits per heavy atom. The third-order valence-electron chi connectivity index (χ3n) is 1.12. The van der Waals surface area contributed by atoms with Crippen LogP contribution in [0.5, 0.6) is 0 Å². The summed E-state index contributed by atoms with van der Waals surface area (Å²) in [4.78, 5) is 21.4. The topological polar surface area (TPSA) is 69.4 Å². The van der Waals surface area contributed by atoms with Gasteiger partial charge in [-0.15, -0.1) is 0 Å². The predicted octanol–water partition coefficient (Wildman–Crippen LogP) is -0.234. The van der Waals surface area contributed by atoms with Gasteiger partial charge in [-0.05, 0) is 6.26 Å². The van der Waals surface area contributed by atoms with Crippen molar-refractivity contribution in [3.05, 3.63) is 0 Å². The van der Waals surface area contributed by atoms with Crippen LogP contribution in [0.25, 0.3) is 0 Å². The second kappa shape index (κ2) is 5.15. The number of carbonyl (C=O) groups excluding carboxylic acids is 2. The van der Waals surface area contributed by atoms with Crippen LogP contribution in [0.1, 0.15) is 6.42 Å². The van der Waals surface area contributed by atoms with Crippen LogP contribution >= 0.6 is 11.8 Å². The number of rotatable bonds is 3. The van der Waals surface area contributed by atoms with Gasteiger partial charge in [-0.1, -0.05) is 11.8 Å². The molecule has 11 heavy (non-hydrogen) atoms. The molecule has 0 rings (SSSR count). The first-order valence-corrected chi connectivity index (χ1v) is 4.24. The van der Waals surface area contributed by atoms with Crippen LogP contribution in [-0.4, -0.2) is 30.5 Å². The largest absolute Gasteiger partial charge is 0.468 e. The molecule has 0 aliphatic heterocycles. The number of hydrogen-bond donors (Lipinski definition) is 1. The zero-order chi connectivity index (χ0) is 8.85. The number of thioether (sulfide) groups is 1. The molecule has 0 aromatic heterocycles. The smallest absolute Gasteiger partial charge is 0.323 e. The molecular formula is C6H11NO3S. The highest BCUT2D eigenvalue weighted by atomic mass is 32.2. The molecular weight excluding hydrogens is 166 g/mol. The monoisotopic (exact) mass is 177 g/mol. The average molecular weight is 177 g/mol. The summed E-state index contributed by atoms with van der Waals surface area (Å²) in [7, 11) is 1.24. The molecule has 0 aromatic rings. The Labute approximate surface area is 69.5 Å². The first kappa shape index (κ1) is 10.4. The lowest BCUT2D eigenvalue weighted by atomic mass is 10.2. The maximum Gasteiger partial charge on any atom is 0.323 e. The molecule has 1 atom stereocenters. The van der Waals surface area contributed by atoms with E-state index >= 15 is 0 Å². The van der Waals surface area contributed by atoms with E-state index in [-0.39, 0.29) is 11.5 Å². The molecule has 4 nitrogen and oxygen atoms in total. The van der Waals surface area contributed by atoms with Crippen molar-refractivity contribution in [1.29, 1.82) is 0 Å². The molecule has 0 fully saturated rings. The Bertz CT molecular complexity index is 160. The standard InChI is InChI=1S/C6H11NO3S/c1-10-6(9)4(7)3-5(8)11-2/h4H,3,7H2,1-2H3/t4-/m0/s1. The predicted molar refractivity (Wildman–Crippen MR) is 43.1 cm³/mol. The van der Waals surface area contributed by atoms with E-state index in [1.54, 1.807) is 6.26 Å². The molecule has 0 unspecified atom stereocenters. The van der Waals surface area contributed by atoms with Crippen molar-refractivity contribution in [2.45, 2.75) is 12.5 Å². The highest BCUT2D eigenvalue weighted by Gasteiger charge is 2.16. The van der Waals surface area contributed by atoms with E-state index in [0.29, 0.717) is 0 Å². The molecule has 64 valence electrons. The van der Waals surface area contributed by atoms with Crippen molar-refractivity contribution in [2.24, 2.45) is 5.73 Å². The molecule has 5 heteroatoms. The van der Waals surface area contributed by atoms with Gasteiger partial charge in [0.25, 0.3) is 0 Å². The van der Waals surface area contributed by atoms with Crippen molar-refractivity contribution < 1.29 is 14.3 Å². The van der Waals surface area contributed by atoms with Crippen LogP contribution in [-0.2, 0) is 14.3 Å². The normalized spacial score (nSPS) is 12.3. The first-order chi connectivity index (χ1) is 5.11. The summed E-state index contributed by atoms with van der Waals surface area (Å²) in [5.74, 6) is -0.549. The molecule has 0 aliphatic rings. The van der Waals surface area contributed by atoms with Gasteiger partial charge in [0.1, 0.15) is 6.04 Å². The molecule has 0 saturated carbocycles. The van der Waals surface area contributed by atoms with E-state index < -0.39 is 12.0 Å². The van der Waals surface area contributed by atoms with Crippen LogP contribution in [0.15, 0.2) is 0 Å². The van der Waals surface area contributed by atoms with Crippen LogP contribution in [0.3, 0.4) is 0 Å². The van der Waals surface area contributed by atoms with Gasteiger partial charge in [0.15, 0.2) is 5.12 Å². The van der Waals surface area contributed by atoms with Crippen LogP contribution in [0, 0.1) is 0 Å². The number of methoxy groups -OCH3 is 1. The fourth-order valence-corrected chi connectivity index (χ4v) is 0.844. The van der Waals surface area contributed by atoms with Gasteiger partial charge in [0.05, 0.1) is 7.11 Å². The molecule has 0 saturated heterocycles. The molecule has 0 bridgehead atoms. The Morgan fingerprint density at radius 3 is 2.55 bits per heavy atom. The van der Waals surface area contributed by atoms with E-state index in [1.165, 1.54) is 7.11 Å². The Hall–Kier alpha value is -0.550. The van der Waals surface area contributed by atoms with Crippen molar-refractivity contribution >= 4 is 22.8 Å². The molecule has 0 spiro atoms. The second-order valence-electron chi connectivity index (χ2n) is 1.91. The van der Waals surface area contributed by atoms with Gasteiger partial charge < -0.3 is 10.5 Å². The van der Waals surface area contributed by atoms with E-state index in [1.807, 2.05) is 0 Å². The highest BCUT2D eigenvalue weighted by Crippen LogP contribution is 2.02. The number of hydrogen-bond acceptors (Lipinski definition) is 5. The minimum absolute atomic E-state index is 0.0356. The fraction of sp³-hybridized carbons (Fsp3) is 0.667. The maximum atomic E-state index is 10.7. The minimum Gasteiger partial charge on any atom is -0.468 e. The van der Waals surface area contributed by atoms with Gasteiger partial charge in [0.2, 0.25) is 0 Å². The molecule has 0 amide bonds. The summed E-state index contributed by atoms with van der Waals surface area (Å²) in [6.07, 6.45) is 1.68. The molecule has 0 heterocycles. The number of ether oxygens (including phenoxy) is 1. The van der Waals surface area contributed by atoms with Crippen molar-refractivity contribution in [3.63, 3.8) is 0 Å². The van der Waals surface area contributed by atoms with E-state index in [9.17, 15) is 9.59 Å². The number of carbonyl (C=O) groups is 2. The van der Waals surface area contributed by atoms with Gasteiger partial charge in [0, 0.05) is 6.42 Å². The number of esters is 1. The molecule has 2 N–H and O–H groups in total. The van der Waals surface area contributed by atoms with Crippen molar-refractivity contribution in [1.82, 2.24) is 0 Å². The van der Waals surface area contributed by atoms with Gasteiger partial charge in [-0.25, -0.2) is 0 Å². The lowest BCUT2D eigenvalue weighted by Gasteiger charge is -2.05. The zero-order valence-corrected chi connectivity index (χ0v) is 7.31. The summed E-state index contributed by atoms with van der Waals surface area (Å²) < 4.78 is 4.33. The quantitative estimate of drug-likeness (QED) is 0.603. The Morgan fingerprint density at radius 2 is 2.18 bits per heavy atom. The maximum absolute atomic E-state index is 10.7. The summed E-state index contributed by atoms with van der Waals surface area (Å²) >= 11 is 1.05. The highest BCUT2D eigenvalue weighted by molar-refractivity contribution is 8.13. The summed E-state index contributed by atoms with van der Waals surface area (Å²) in [6, 6.07) is -0.819. The summed E-state index contributed by atoms with van der Waals surface area (Å²) in [6.45, 7) is 0. The third-order valence-corrected chi connectivity index (χ3v) is 1.74. The van der Waals surface area contributed by atoms with Crippen molar-refractivity contribution in [2.75, 3.05) is 13.4 Å². The minimum atomic E-state index is -0.819. The van der Waals surface area contributed by atoms with E-state index in [0.717, 1.165) is 11.8 Å². The van der Waals surface area contributed by atoms with Crippen LogP contribution < -0.4 is 5.73 Å². The lowest BCUT2D eigenvalue weighted by Crippen LogP contribution is -2.33. The van der Waals surface area contributed by atoms with Crippen LogP contribution in [0.2, 0.25) is 0 Å². The molecule has 0 radical (unpaired) electrons. The van der Waals surface area contributed by atoms with Crippen molar-refractivity contribution in [3.8, 4) is 0 Å². The summed E-state index contributed by atoms with van der Waals surface area (Å²) in [5.41, 5.74) is 5.30. The SMILES string of the molecule is COC(=O)[C@@H](N)CC(=O)SC. The lowest BCUT2D eigenvalue weighted by molar-refractivity contribution is -0.143. The van der Waals surface area contributed by atoms with E-state index in [2.05, 4.69) is 4.74 Å². The molecule has 0 aliphatic carbocycles.